The van der Waals surface area contributed by atoms with Crippen molar-refractivity contribution in [2.45, 2.75) is 45.4 Å². The molecular formula is C12H21NO3. The third-order valence-corrected chi connectivity index (χ3v) is 3.25. The number of unbranched alkanes of at least 4 members (excludes halogenated alkanes) is 1. The van der Waals surface area contributed by atoms with Crippen LogP contribution in [0.15, 0.2) is 0 Å². The maximum absolute atomic E-state index is 11.7. The Hall–Kier alpha value is -1.06. The third kappa shape index (κ3) is 4.21. The average molecular weight is 227 g/mol. The second-order valence-electron chi connectivity index (χ2n) is 4.50. The Morgan fingerprint density at radius 2 is 2.00 bits per heavy atom. The van der Waals surface area contributed by atoms with Gasteiger partial charge in [0.2, 0.25) is 5.91 Å². The van der Waals surface area contributed by atoms with Crippen LogP contribution in [0.1, 0.15) is 45.4 Å². The van der Waals surface area contributed by atoms with Gasteiger partial charge in [0, 0.05) is 25.9 Å². The van der Waals surface area contributed by atoms with E-state index in [4.69, 9.17) is 5.11 Å². The molecule has 0 saturated carbocycles. The van der Waals surface area contributed by atoms with Gasteiger partial charge in [0.1, 0.15) is 0 Å². The standard InChI is InChI=1S/C12H21NO3/c1-2-10-7-8-13(9-10)11(14)5-3-4-6-12(15)16/h10H,2-9H2,1H3,(H,15,16). The minimum Gasteiger partial charge on any atom is -0.481 e. The molecule has 4 heteroatoms. The summed E-state index contributed by atoms with van der Waals surface area (Å²) >= 11 is 0. The lowest BCUT2D eigenvalue weighted by molar-refractivity contribution is -0.137. The first-order valence-corrected chi connectivity index (χ1v) is 6.13. The molecule has 1 fully saturated rings. The Labute approximate surface area is 96.6 Å². The molecule has 1 atom stereocenters. The van der Waals surface area contributed by atoms with E-state index in [2.05, 4.69) is 6.92 Å². The van der Waals surface area contributed by atoms with Crippen LogP contribution in [0.5, 0.6) is 0 Å². The molecule has 1 amide bonds. The number of nitrogens with zero attached hydrogens (tertiary/aromatic N) is 1. The topological polar surface area (TPSA) is 57.6 Å². The highest BCUT2D eigenvalue weighted by Crippen LogP contribution is 2.20. The predicted octanol–water partition coefficient (Wildman–Crippen LogP) is 1.89. The van der Waals surface area contributed by atoms with Crippen LogP contribution in [0, 0.1) is 5.92 Å². The SMILES string of the molecule is CCC1CCN(C(=O)CCCCC(=O)O)C1. The molecular weight excluding hydrogens is 206 g/mol. The lowest BCUT2D eigenvalue weighted by atomic mass is 10.1. The van der Waals surface area contributed by atoms with E-state index in [1.165, 1.54) is 0 Å². The van der Waals surface area contributed by atoms with Gasteiger partial charge in [-0.05, 0) is 25.2 Å². The molecule has 0 radical (unpaired) electrons. The summed E-state index contributed by atoms with van der Waals surface area (Å²) in [6.07, 6.45) is 4.24. The van der Waals surface area contributed by atoms with Gasteiger partial charge < -0.3 is 10.0 Å². The van der Waals surface area contributed by atoms with Crippen molar-refractivity contribution in [3.63, 3.8) is 0 Å². The Morgan fingerprint density at radius 1 is 1.31 bits per heavy atom. The number of carboxylic acid groups (broad SMARTS) is 1. The van der Waals surface area contributed by atoms with Crippen molar-refractivity contribution in [2.75, 3.05) is 13.1 Å². The molecule has 1 aliphatic heterocycles. The minimum atomic E-state index is -0.778. The van der Waals surface area contributed by atoms with E-state index in [1.807, 2.05) is 4.90 Å². The minimum absolute atomic E-state index is 0.171. The summed E-state index contributed by atoms with van der Waals surface area (Å²) in [6.45, 7) is 3.94. The van der Waals surface area contributed by atoms with Gasteiger partial charge in [-0.15, -0.1) is 0 Å². The van der Waals surface area contributed by atoms with Gasteiger partial charge in [0.15, 0.2) is 0 Å². The van der Waals surface area contributed by atoms with Gasteiger partial charge in [-0.25, -0.2) is 0 Å². The van der Waals surface area contributed by atoms with Crippen LogP contribution in [-0.4, -0.2) is 35.0 Å². The summed E-state index contributed by atoms with van der Waals surface area (Å²) in [6, 6.07) is 0. The maximum atomic E-state index is 11.7. The van der Waals surface area contributed by atoms with Crippen molar-refractivity contribution in [1.29, 1.82) is 0 Å². The fourth-order valence-corrected chi connectivity index (χ4v) is 2.10. The molecule has 1 saturated heterocycles. The smallest absolute Gasteiger partial charge is 0.303 e. The zero-order chi connectivity index (χ0) is 12.0. The second-order valence-corrected chi connectivity index (χ2v) is 4.50. The third-order valence-electron chi connectivity index (χ3n) is 3.25. The van der Waals surface area contributed by atoms with E-state index in [0.29, 0.717) is 25.2 Å². The van der Waals surface area contributed by atoms with E-state index in [9.17, 15) is 9.59 Å². The first kappa shape index (κ1) is 13.0. The van der Waals surface area contributed by atoms with Crippen LogP contribution >= 0.6 is 0 Å². The molecule has 1 N–H and O–H groups in total. The zero-order valence-electron chi connectivity index (χ0n) is 9.95. The van der Waals surface area contributed by atoms with Crippen molar-refractivity contribution in [1.82, 2.24) is 4.90 Å². The van der Waals surface area contributed by atoms with Gasteiger partial charge in [0.05, 0.1) is 0 Å². The number of carbonyl (C=O) groups excluding carboxylic acids is 1. The lowest BCUT2D eigenvalue weighted by Gasteiger charge is -2.15. The lowest BCUT2D eigenvalue weighted by Crippen LogP contribution is -2.28. The first-order valence-electron chi connectivity index (χ1n) is 6.13. The molecule has 0 spiro atoms. The molecule has 1 rings (SSSR count). The first-order chi connectivity index (χ1) is 7.63. The number of aliphatic carboxylic acids is 1. The summed E-state index contributed by atoms with van der Waals surface area (Å²) in [7, 11) is 0. The summed E-state index contributed by atoms with van der Waals surface area (Å²) in [4.78, 5) is 23.9. The molecule has 1 unspecified atom stereocenters. The van der Waals surface area contributed by atoms with Crippen molar-refractivity contribution < 1.29 is 14.7 Å². The van der Waals surface area contributed by atoms with Crippen molar-refractivity contribution in [2.24, 2.45) is 5.92 Å². The van der Waals surface area contributed by atoms with Crippen LogP contribution in [0.2, 0.25) is 0 Å². The summed E-state index contributed by atoms with van der Waals surface area (Å²) in [5, 5.41) is 8.46. The molecule has 1 heterocycles. The van der Waals surface area contributed by atoms with Crippen molar-refractivity contribution in [3.8, 4) is 0 Å². The van der Waals surface area contributed by atoms with Crippen LogP contribution in [0.3, 0.4) is 0 Å². The number of hydrogen-bond donors (Lipinski definition) is 1. The number of carbonyl (C=O) groups is 2. The fourth-order valence-electron chi connectivity index (χ4n) is 2.10. The number of carboxylic acids is 1. The van der Waals surface area contributed by atoms with Gasteiger partial charge >= 0.3 is 5.97 Å². The fraction of sp³-hybridized carbons (Fsp3) is 0.833. The Morgan fingerprint density at radius 3 is 2.56 bits per heavy atom. The normalized spacial score (nSPS) is 20.1. The van der Waals surface area contributed by atoms with Crippen LogP contribution in [-0.2, 0) is 9.59 Å². The van der Waals surface area contributed by atoms with Crippen LogP contribution < -0.4 is 0 Å². The Balaban J connectivity index is 2.13. The molecule has 16 heavy (non-hydrogen) atoms. The maximum Gasteiger partial charge on any atom is 0.303 e. The monoisotopic (exact) mass is 227 g/mol. The van der Waals surface area contributed by atoms with Gasteiger partial charge in [0.25, 0.3) is 0 Å². The Kier molecular flexibility index (Phi) is 5.29. The largest absolute Gasteiger partial charge is 0.481 e. The van der Waals surface area contributed by atoms with E-state index in [-0.39, 0.29) is 12.3 Å². The van der Waals surface area contributed by atoms with Gasteiger partial charge in [-0.1, -0.05) is 13.3 Å². The van der Waals surface area contributed by atoms with E-state index < -0.39 is 5.97 Å². The molecule has 92 valence electrons. The molecule has 0 aromatic carbocycles. The Bertz CT molecular complexity index is 253. The number of rotatable bonds is 6. The zero-order valence-corrected chi connectivity index (χ0v) is 9.95. The number of amides is 1. The van der Waals surface area contributed by atoms with Crippen molar-refractivity contribution >= 4 is 11.9 Å². The summed E-state index contributed by atoms with van der Waals surface area (Å²) in [5.41, 5.74) is 0. The molecule has 0 bridgehead atoms. The molecule has 4 nitrogen and oxygen atoms in total. The van der Waals surface area contributed by atoms with E-state index in [0.717, 1.165) is 25.9 Å². The van der Waals surface area contributed by atoms with E-state index >= 15 is 0 Å². The van der Waals surface area contributed by atoms with Crippen molar-refractivity contribution in [3.05, 3.63) is 0 Å². The number of likely N-dealkylation sites (tertiary alicyclic amines) is 1. The molecule has 1 aliphatic rings. The quantitative estimate of drug-likeness (QED) is 0.705. The molecule has 0 aromatic rings. The van der Waals surface area contributed by atoms with Crippen LogP contribution in [0.25, 0.3) is 0 Å². The highest BCUT2D eigenvalue weighted by atomic mass is 16.4. The average Bonchev–Trinajstić information content (AvgIpc) is 2.72. The second kappa shape index (κ2) is 6.51. The highest BCUT2D eigenvalue weighted by Gasteiger charge is 2.24. The number of hydrogen-bond acceptors (Lipinski definition) is 2. The highest BCUT2D eigenvalue weighted by molar-refractivity contribution is 5.76. The molecule has 0 aliphatic carbocycles. The van der Waals surface area contributed by atoms with Gasteiger partial charge in [-0.3, -0.25) is 9.59 Å². The summed E-state index contributed by atoms with van der Waals surface area (Å²) in [5.74, 6) is 0.0870. The molecule has 0 aromatic heterocycles. The van der Waals surface area contributed by atoms with E-state index in [1.54, 1.807) is 0 Å². The predicted molar refractivity (Wildman–Crippen MR) is 61.1 cm³/mol. The van der Waals surface area contributed by atoms with Gasteiger partial charge in [-0.2, -0.15) is 0 Å². The van der Waals surface area contributed by atoms with Crippen LogP contribution in [0.4, 0.5) is 0 Å². The summed E-state index contributed by atoms with van der Waals surface area (Å²) < 4.78 is 0.